The Labute approximate surface area is 140 Å². The second-order valence-corrected chi connectivity index (χ2v) is 6.39. The molecule has 4 unspecified atom stereocenters. The molecular weight excluding hydrogens is 312 g/mol. The van der Waals surface area contributed by atoms with Crippen molar-refractivity contribution in [3.05, 3.63) is 25.3 Å². The average Bonchev–Trinajstić information content (AvgIpc) is 3.45. The molecule has 0 aromatic rings. The fourth-order valence-electron chi connectivity index (χ4n) is 3.37. The van der Waals surface area contributed by atoms with Crippen LogP contribution in [0.1, 0.15) is 26.2 Å². The first kappa shape index (κ1) is 18.1. The van der Waals surface area contributed by atoms with Crippen LogP contribution in [0.5, 0.6) is 0 Å². The van der Waals surface area contributed by atoms with Crippen molar-refractivity contribution in [3.63, 3.8) is 0 Å². The number of ether oxygens (including phenoxy) is 2. The third kappa shape index (κ3) is 2.60. The number of allylic oxidation sites excluding steroid dienone is 2. The van der Waals surface area contributed by atoms with Gasteiger partial charge in [-0.1, -0.05) is 12.2 Å². The minimum atomic E-state index is -1.19. The van der Waals surface area contributed by atoms with Gasteiger partial charge in [0, 0.05) is 18.3 Å². The van der Waals surface area contributed by atoms with Crippen molar-refractivity contribution in [2.45, 2.75) is 26.2 Å². The highest BCUT2D eigenvalue weighted by molar-refractivity contribution is 6.08. The quantitative estimate of drug-likeness (QED) is 0.362. The van der Waals surface area contributed by atoms with Crippen LogP contribution in [0.2, 0.25) is 0 Å². The molecule has 2 rings (SSSR count). The molecule has 0 aromatic carbocycles. The van der Waals surface area contributed by atoms with Crippen LogP contribution < -0.4 is 0 Å². The third-order valence-electron chi connectivity index (χ3n) is 5.20. The minimum absolute atomic E-state index is 0.0993. The molecule has 0 bridgehead atoms. The molecule has 2 aliphatic rings. The van der Waals surface area contributed by atoms with Gasteiger partial charge in [0.1, 0.15) is 16.6 Å². The SMILES string of the molecule is C=CC1CC1(C(C)=O)C(=O)OCCC(=O)C1(C(=O)OC)CC1C=C. The smallest absolute Gasteiger partial charge is 0.320 e. The maximum Gasteiger partial charge on any atom is 0.320 e. The van der Waals surface area contributed by atoms with Crippen molar-refractivity contribution < 1.29 is 28.7 Å². The molecule has 6 nitrogen and oxygen atoms in total. The Bertz CT molecular complexity index is 621. The molecule has 4 atom stereocenters. The molecule has 0 N–H and O–H groups in total. The molecule has 130 valence electrons. The second-order valence-electron chi connectivity index (χ2n) is 6.39. The van der Waals surface area contributed by atoms with Crippen LogP contribution in [0.25, 0.3) is 0 Å². The standard InChI is InChI=1S/C18H22O6/c1-5-12-9-17(12,11(3)19)16(22)24-8-7-14(20)18(15(21)23-4)10-13(18)6-2/h5-6,12-13H,1-2,7-10H2,3-4H3. The summed E-state index contributed by atoms with van der Waals surface area (Å²) < 4.78 is 9.84. The van der Waals surface area contributed by atoms with E-state index in [0.717, 1.165) is 0 Å². The summed E-state index contributed by atoms with van der Waals surface area (Å²) in [5.41, 5.74) is -2.33. The van der Waals surface area contributed by atoms with E-state index in [4.69, 9.17) is 9.47 Å². The Morgan fingerprint density at radius 1 is 1.04 bits per heavy atom. The number of ketones is 2. The summed E-state index contributed by atoms with van der Waals surface area (Å²) in [5.74, 6) is -2.27. The van der Waals surface area contributed by atoms with E-state index >= 15 is 0 Å². The fraction of sp³-hybridized carbons (Fsp3) is 0.556. The molecule has 24 heavy (non-hydrogen) atoms. The number of carbonyl (C=O) groups is 4. The van der Waals surface area contributed by atoms with Crippen LogP contribution in [0, 0.1) is 22.7 Å². The number of hydrogen-bond acceptors (Lipinski definition) is 6. The number of hydrogen-bond donors (Lipinski definition) is 0. The highest BCUT2D eigenvalue weighted by Crippen LogP contribution is 2.56. The van der Waals surface area contributed by atoms with Gasteiger partial charge in [0.05, 0.1) is 13.7 Å². The summed E-state index contributed by atoms with van der Waals surface area (Å²) in [4.78, 5) is 48.2. The van der Waals surface area contributed by atoms with Crippen molar-refractivity contribution in [1.82, 2.24) is 0 Å². The Balaban J connectivity index is 1.92. The Morgan fingerprint density at radius 3 is 2.00 bits per heavy atom. The van der Waals surface area contributed by atoms with Crippen LogP contribution >= 0.6 is 0 Å². The number of rotatable bonds is 9. The maximum absolute atomic E-state index is 12.4. The number of carbonyl (C=O) groups excluding carboxylic acids is 4. The lowest BCUT2D eigenvalue weighted by Gasteiger charge is -2.15. The predicted molar refractivity (Wildman–Crippen MR) is 84.8 cm³/mol. The summed E-state index contributed by atoms with van der Waals surface area (Å²) in [6, 6.07) is 0. The average molecular weight is 334 g/mol. The molecule has 0 radical (unpaired) electrons. The summed E-state index contributed by atoms with van der Waals surface area (Å²) in [6.07, 6.45) is 3.79. The molecule has 6 heteroatoms. The first-order chi connectivity index (χ1) is 11.3. The van der Waals surface area contributed by atoms with E-state index < -0.39 is 22.8 Å². The van der Waals surface area contributed by atoms with E-state index in [9.17, 15) is 19.2 Å². The first-order valence-electron chi connectivity index (χ1n) is 7.86. The molecule has 2 saturated carbocycles. The lowest BCUT2D eigenvalue weighted by Crippen LogP contribution is -2.32. The van der Waals surface area contributed by atoms with Crippen molar-refractivity contribution in [2.24, 2.45) is 22.7 Å². The van der Waals surface area contributed by atoms with Gasteiger partial charge in [0.15, 0.2) is 5.78 Å². The van der Waals surface area contributed by atoms with Crippen LogP contribution in [0.3, 0.4) is 0 Å². The van der Waals surface area contributed by atoms with E-state index in [-0.39, 0.29) is 36.4 Å². The van der Waals surface area contributed by atoms with E-state index in [2.05, 4.69) is 13.2 Å². The fourth-order valence-corrected chi connectivity index (χ4v) is 3.37. The molecular formula is C18H22O6. The number of esters is 2. The van der Waals surface area contributed by atoms with Gasteiger partial charge in [0.25, 0.3) is 0 Å². The number of methoxy groups -OCH3 is 1. The normalized spacial score (nSPS) is 33.1. The molecule has 0 saturated heterocycles. The molecule has 0 aliphatic heterocycles. The zero-order valence-electron chi connectivity index (χ0n) is 14.0. The third-order valence-corrected chi connectivity index (χ3v) is 5.20. The lowest BCUT2D eigenvalue weighted by molar-refractivity contribution is -0.155. The van der Waals surface area contributed by atoms with Crippen LogP contribution in [-0.4, -0.2) is 37.2 Å². The largest absolute Gasteiger partial charge is 0.468 e. The molecule has 0 heterocycles. The molecule has 2 fully saturated rings. The second kappa shape index (κ2) is 6.34. The van der Waals surface area contributed by atoms with Crippen molar-refractivity contribution in [3.8, 4) is 0 Å². The van der Waals surface area contributed by atoms with Crippen LogP contribution in [0.4, 0.5) is 0 Å². The van der Waals surface area contributed by atoms with Crippen LogP contribution in [0.15, 0.2) is 25.3 Å². The van der Waals surface area contributed by atoms with Gasteiger partial charge < -0.3 is 9.47 Å². The van der Waals surface area contributed by atoms with Gasteiger partial charge in [0.2, 0.25) is 0 Å². The zero-order valence-corrected chi connectivity index (χ0v) is 14.0. The zero-order chi connectivity index (χ0) is 18.1. The van der Waals surface area contributed by atoms with Gasteiger partial charge in [-0.15, -0.1) is 13.2 Å². The van der Waals surface area contributed by atoms with Crippen molar-refractivity contribution in [2.75, 3.05) is 13.7 Å². The lowest BCUT2D eigenvalue weighted by atomic mass is 9.95. The van der Waals surface area contributed by atoms with E-state index in [0.29, 0.717) is 12.8 Å². The summed E-state index contributed by atoms with van der Waals surface area (Å²) in [6.45, 7) is 8.40. The monoisotopic (exact) mass is 334 g/mol. The number of Topliss-reactive ketones (excluding diaryl/α,β-unsaturated/α-hetero) is 2. The Hall–Kier alpha value is -2.24. The molecule has 0 spiro atoms. The predicted octanol–water partition coefficient (Wildman–Crippen LogP) is 1.64. The summed E-state index contributed by atoms with van der Waals surface area (Å²) >= 11 is 0. The first-order valence-corrected chi connectivity index (χ1v) is 7.86. The summed E-state index contributed by atoms with van der Waals surface area (Å²) in [7, 11) is 1.23. The van der Waals surface area contributed by atoms with Crippen molar-refractivity contribution in [1.29, 1.82) is 0 Å². The van der Waals surface area contributed by atoms with Gasteiger partial charge in [-0.25, -0.2) is 0 Å². The highest BCUT2D eigenvalue weighted by atomic mass is 16.5. The van der Waals surface area contributed by atoms with Gasteiger partial charge in [-0.2, -0.15) is 0 Å². The summed E-state index contributed by atoms with van der Waals surface area (Å²) in [5, 5.41) is 0. The topological polar surface area (TPSA) is 86.7 Å². The van der Waals surface area contributed by atoms with Crippen molar-refractivity contribution >= 4 is 23.5 Å². The Kier molecular flexibility index (Phi) is 4.78. The van der Waals surface area contributed by atoms with Gasteiger partial charge >= 0.3 is 11.9 Å². The van der Waals surface area contributed by atoms with Gasteiger partial charge in [-0.05, 0) is 19.8 Å². The van der Waals surface area contributed by atoms with Crippen LogP contribution in [-0.2, 0) is 28.7 Å². The van der Waals surface area contributed by atoms with E-state index in [1.165, 1.54) is 14.0 Å². The molecule has 2 aliphatic carbocycles. The Morgan fingerprint density at radius 2 is 1.58 bits per heavy atom. The highest BCUT2D eigenvalue weighted by Gasteiger charge is 2.65. The molecule has 0 amide bonds. The maximum atomic E-state index is 12.4. The minimum Gasteiger partial charge on any atom is -0.468 e. The molecule has 0 aromatic heterocycles. The van der Waals surface area contributed by atoms with E-state index in [1.807, 2.05) is 0 Å². The van der Waals surface area contributed by atoms with Gasteiger partial charge in [-0.3, -0.25) is 19.2 Å². The van der Waals surface area contributed by atoms with E-state index in [1.54, 1.807) is 12.2 Å².